The summed E-state index contributed by atoms with van der Waals surface area (Å²) in [7, 11) is 0. The van der Waals surface area contributed by atoms with Crippen LogP contribution in [0.5, 0.6) is 11.5 Å². The maximum Gasteiger partial charge on any atom is 0.255 e. The molecule has 2 aromatic rings. The normalized spacial score (nSPS) is 11.9. The van der Waals surface area contributed by atoms with Gasteiger partial charge in [-0.05, 0) is 49.2 Å². The molecule has 1 atom stereocenters. The van der Waals surface area contributed by atoms with Gasteiger partial charge in [-0.2, -0.15) is 0 Å². The molecule has 21 heavy (non-hydrogen) atoms. The molecule has 4 nitrogen and oxygen atoms in total. The number of phenols is 2. The van der Waals surface area contributed by atoms with E-state index in [2.05, 4.69) is 5.32 Å². The zero-order valence-electron chi connectivity index (χ0n) is 11.5. The van der Waals surface area contributed by atoms with Gasteiger partial charge in [-0.15, -0.1) is 0 Å². The predicted molar refractivity (Wildman–Crippen MR) is 76.8 cm³/mol. The molecule has 0 aliphatic heterocycles. The summed E-state index contributed by atoms with van der Waals surface area (Å²) < 4.78 is 12.8. The monoisotopic (exact) mass is 289 g/mol. The van der Waals surface area contributed by atoms with Gasteiger partial charge in [-0.25, -0.2) is 4.39 Å². The fourth-order valence-corrected chi connectivity index (χ4v) is 2.03. The largest absolute Gasteiger partial charge is 0.508 e. The van der Waals surface area contributed by atoms with E-state index in [4.69, 9.17) is 0 Å². The molecule has 0 aliphatic carbocycles. The van der Waals surface area contributed by atoms with Gasteiger partial charge < -0.3 is 15.5 Å². The minimum absolute atomic E-state index is 0.0148. The Morgan fingerprint density at radius 3 is 2.52 bits per heavy atom. The van der Waals surface area contributed by atoms with Gasteiger partial charge in [-0.1, -0.05) is 12.1 Å². The summed E-state index contributed by atoms with van der Waals surface area (Å²) in [5, 5.41) is 21.7. The quantitative estimate of drug-likeness (QED) is 0.758. The summed E-state index contributed by atoms with van der Waals surface area (Å²) in [5.41, 5.74) is 0.908. The highest BCUT2D eigenvalue weighted by Gasteiger charge is 2.14. The van der Waals surface area contributed by atoms with E-state index in [9.17, 15) is 19.4 Å². The first-order valence-electron chi connectivity index (χ1n) is 6.53. The van der Waals surface area contributed by atoms with Crippen LogP contribution in [0, 0.1) is 5.82 Å². The predicted octanol–water partition coefficient (Wildman–Crippen LogP) is 2.60. The van der Waals surface area contributed by atoms with Crippen molar-refractivity contribution in [2.75, 3.05) is 0 Å². The SMILES string of the molecule is CC(Cc1ccc(F)cc1)NC(=O)c1cc(O)ccc1O. The molecule has 2 aromatic carbocycles. The number of nitrogens with one attached hydrogen (secondary N) is 1. The molecule has 0 fully saturated rings. The highest BCUT2D eigenvalue weighted by molar-refractivity contribution is 5.97. The minimum atomic E-state index is -0.474. The van der Waals surface area contributed by atoms with Crippen LogP contribution in [0.25, 0.3) is 0 Å². The summed E-state index contributed by atoms with van der Waals surface area (Å²) >= 11 is 0. The summed E-state index contributed by atoms with van der Waals surface area (Å²) in [6.07, 6.45) is 0.533. The molecule has 0 aromatic heterocycles. The third-order valence-corrected chi connectivity index (χ3v) is 3.06. The number of halogens is 1. The zero-order chi connectivity index (χ0) is 15.4. The summed E-state index contributed by atoms with van der Waals surface area (Å²) in [4.78, 5) is 12.0. The Morgan fingerprint density at radius 1 is 1.19 bits per heavy atom. The number of hydrogen-bond donors (Lipinski definition) is 3. The summed E-state index contributed by atoms with van der Waals surface area (Å²) in [5.74, 6) is -1.07. The molecule has 110 valence electrons. The number of hydrogen-bond acceptors (Lipinski definition) is 3. The third kappa shape index (κ3) is 3.95. The van der Waals surface area contributed by atoms with Crippen molar-refractivity contribution in [1.29, 1.82) is 0 Å². The number of carbonyl (C=O) groups excluding carboxylic acids is 1. The van der Waals surface area contributed by atoms with Crippen LogP contribution >= 0.6 is 0 Å². The Morgan fingerprint density at radius 2 is 1.86 bits per heavy atom. The lowest BCUT2D eigenvalue weighted by atomic mass is 10.1. The minimum Gasteiger partial charge on any atom is -0.508 e. The standard InChI is InChI=1S/C16H16FNO3/c1-10(8-11-2-4-12(17)5-3-11)18-16(21)14-9-13(19)6-7-15(14)20/h2-7,9-10,19-20H,8H2,1H3,(H,18,21). The van der Waals surface area contributed by atoms with E-state index >= 15 is 0 Å². The van der Waals surface area contributed by atoms with Crippen molar-refractivity contribution in [2.45, 2.75) is 19.4 Å². The van der Waals surface area contributed by atoms with Crippen molar-refractivity contribution in [2.24, 2.45) is 0 Å². The smallest absolute Gasteiger partial charge is 0.255 e. The number of carbonyl (C=O) groups is 1. The second-order valence-electron chi connectivity index (χ2n) is 4.91. The summed E-state index contributed by atoms with van der Waals surface area (Å²) in [6, 6.07) is 9.60. The van der Waals surface area contributed by atoms with Crippen LogP contribution in [0.1, 0.15) is 22.8 Å². The number of benzene rings is 2. The molecule has 5 heteroatoms. The van der Waals surface area contributed by atoms with E-state index in [0.29, 0.717) is 6.42 Å². The number of rotatable bonds is 4. The topological polar surface area (TPSA) is 69.6 Å². The molecule has 0 spiro atoms. The molecule has 2 rings (SSSR count). The molecular formula is C16H16FNO3. The molecule has 0 saturated carbocycles. The van der Waals surface area contributed by atoms with E-state index in [1.54, 1.807) is 19.1 Å². The van der Waals surface area contributed by atoms with Crippen molar-refractivity contribution in [3.05, 3.63) is 59.4 Å². The first-order valence-corrected chi connectivity index (χ1v) is 6.53. The van der Waals surface area contributed by atoms with Crippen LogP contribution < -0.4 is 5.32 Å². The molecule has 0 aliphatic rings. The number of phenolic OH excluding ortho intramolecular Hbond substituents is 2. The maximum atomic E-state index is 12.8. The van der Waals surface area contributed by atoms with Crippen LogP contribution in [0.15, 0.2) is 42.5 Å². The molecule has 0 radical (unpaired) electrons. The average molecular weight is 289 g/mol. The lowest BCUT2D eigenvalue weighted by molar-refractivity contribution is 0.0937. The van der Waals surface area contributed by atoms with E-state index in [-0.39, 0.29) is 28.9 Å². The van der Waals surface area contributed by atoms with Crippen molar-refractivity contribution in [3.8, 4) is 11.5 Å². The fraction of sp³-hybridized carbons (Fsp3) is 0.188. The second kappa shape index (κ2) is 6.26. The lowest BCUT2D eigenvalue weighted by Crippen LogP contribution is -2.34. The fourth-order valence-electron chi connectivity index (χ4n) is 2.03. The van der Waals surface area contributed by atoms with Gasteiger partial charge in [0.25, 0.3) is 5.91 Å². The first kappa shape index (κ1) is 14.8. The molecule has 1 unspecified atom stereocenters. The molecule has 0 saturated heterocycles. The highest BCUT2D eigenvalue weighted by atomic mass is 19.1. The van der Waals surface area contributed by atoms with Crippen molar-refractivity contribution >= 4 is 5.91 Å². The third-order valence-electron chi connectivity index (χ3n) is 3.06. The van der Waals surface area contributed by atoms with Crippen LogP contribution in [0.2, 0.25) is 0 Å². The van der Waals surface area contributed by atoms with E-state index in [1.807, 2.05) is 0 Å². The van der Waals surface area contributed by atoms with Gasteiger partial charge in [0.2, 0.25) is 0 Å². The van der Waals surface area contributed by atoms with Gasteiger partial charge in [0.15, 0.2) is 0 Å². The Balaban J connectivity index is 2.01. The van der Waals surface area contributed by atoms with Crippen molar-refractivity contribution in [3.63, 3.8) is 0 Å². The van der Waals surface area contributed by atoms with Gasteiger partial charge in [-0.3, -0.25) is 4.79 Å². The molecule has 3 N–H and O–H groups in total. The number of amides is 1. The van der Waals surface area contributed by atoms with Gasteiger partial charge in [0.05, 0.1) is 5.56 Å². The van der Waals surface area contributed by atoms with Crippen LogP contribution in [0.3, 0.4) is 0 Å². The van der Waals surface area contributed by atoms with Gasteiger partial charge >= 0.3 is 0 Å². The van der Waals surface area contributed by atoms with E-state index < -0.39 is 5.91 Å². The average Bonchev–Trinajstić information content (AvgIpc) is 2.44. The van der Waals surface area contributed by atoms with Crippen molar-refractivity contribution < 1.29 is 19.4 Å². The summed E-state index contributed by atoms with van der Waals surface area (Å²) in [6.45, 7) is 1.81. The van der Waals surface area contributed by atoms with Gasteiger partial charge in [0, 0.05) is 6.04 Å². The molecular weight excluding hydrogens is 273 g/mol. The molecule has 0 heterocycles. The zero-order valence-corrected chi connectivity index (χ0v) is 11.5. The Labute approximate surface area is 121 Å². The van der Waals surface area contributed by atoms with Crippen LogP contribution in [-0.2, 0) is 6.42 Å². The highest BCUT2D eigenvalue weighted by Crippen LogP contribution is 2.22. The lowest BCUT2D eigenvalue weighted by Gasteiger charge is -2.14. The van der Waals surface area contributed by atoms with E-state index in [0.717, 1.165) is 5.56 Å². The van der Waals surface area contributed by atoms with Crippen LogP contribution in [0.4, 0.5) is 4.39 Å². The number of aromatic hydroxyl groups is 2. The Bertz CT molecular complexity index is 640. The van der Waals surface area contributed by atoms with Crippen molar-refractivity contribution in [1.82, 2.24) is 5.32 Å². The second-order valence-corrected chi connectivity index (χ2v) is 4.91. The maximum absolute atomic E-state index is 12.8. The van der Waals surface area contributed by atoms with Crippen LogP contribution in [-0.4, -0.2) is 22.2 Å². The van der Waals surface area contributed by atoms with E-state index in [1.165, 1.54) is 30.3 Å². The van der Waals surface area contributed by atoms with Gasteiger partial charge in [0.1, 0.15) is 17.3 Å². The molecule has 0 bridgehead atoms. The first-order chi connectivity index (χ1) is 9.95. The Kier molecular flexibility index (Phi) is 4.42. The Hall–Kier alpha value is -2.56. The molecule has 1 amide bonds.